The molecule has 0 saturated carbocycles. The number of halogens is 3. The number of rotatable bonds is 2. The lowest BCUT2D eigenvalue weighted by atomic mass is 9.97. The van der Waals surface area contributed by atoms with E-state index in [9.17, 15) is 13.2 Å². The zero-order valence-electron chi connectivity index (χ0n) is 9.96. The van der Waals surface area contributed by atoms with Crippen molar-refractivity contribution in [3.63, 3.8) is 0 Å². The van der Waals surface area contributed by atoms with Crippen molar-refractivity contribution in [1.29, 1.82) is 0 Å². The molecule has 0 unspecified atom stereocenters. The minimum atomic E-state index is -4.32. The molecule has 3 heteroatoms. The molecule has 0 aliphatic heterocycles. The Morgan fingerprint density at radius 2 is 1.67 bits per heavy atom. The molecule has 18 heavy (non-hydrogen) atoms. The highest BCUT2D eigenvalue weighted by molar-refractivity contribution is 5.68. The first-order valence-electron chi connectivity index (χ1n) is 5.78. The van der Waals surface area contributed by atoms with E-state index in [2.05, 4.69) is 0 Å². The number of aryl methyl sites for hydroxylation is 1. The molecule has 2 rings (SSSR count). The highest BCUT2D eigenvalue weighted by Gasteiger charge is 2.33. The van der Waals surface area contributed by atoms with Gasteiger partial charge in [-0.05, 0) is 29.2 Å². The zero-order chi connectivity index (χ0) is 13.2. The molecule has 0 spiro atoms. The second kappa shape index (κ2) is 4.84. The number of benzene rings is 2. The van der Waals surface area contributed by atoms with Crippen LogP contribution in [-0.4, -0.2) is 0 Å². The predicted molar refractivity (Wildman–Crippen MR) is 66.3 cm³/mol. The van der Waals surface area contributed by atoms with Gasteiger partial charge in [0, 0.05) is 0 Å². The van der Waals surface area contributed by atoms with E-state index in [-0.39, 0.29) is 5.56 Å². The van der Waals surface area contributed by atoms with Crippen molar-refractivity contribution in [1.82, 2.24) is 0 Å². The third-order valence-electron chi connectivity index (χ3n) is 2.88. The molecule has 0 atom stereocenters. The van der Waals surface area contributed by atoms with E-state index < -0.39 is 11.7 Å². The first-order valence-corrected chi connectivity index (χ1v) is 5.78. The Morgan fingerprint density at radius 1 is 0.944 bits per heavy atom. The number of hydrogen-bond donors (Lipinski definition) is 0. The third-order valence-corrected chi connectivity index (χ3v) is 2.88. The van der Waals surface area contributed by atoms with Crippen molar-refractivity contribution in [3.05, 3.63) is 59.7 Å². The molecule has 2 aromatic carbocycles. The predicted octanol–water partition coefficient (Wildman–Crippen LogP) is 4.93. The molecule has 0 fully saturated rings. The summed E-state index contributed by atoms with van der Waals surface area (Å²) in [6.07, 6.45) is -3.51. The van der Waals surface area contributed by atoms with Gasteiger partial charge >= 0.3 is 6.18 Å². The Kier molecular flexibility index (Phi) is 3.41. The second-order valence-corrected chi connectivity index (χ2v) is 4.10. The molecule has 0 bridgehead atoms. The van der Waals surface area contributed by atoms with Crippen LogP contribution in [0.3, 0.4) is 0 Å². The summed E-state index contributed by atoms with van der Waals surface area (Å²) in [6.45, 7) is 1.98. The van der Waals surface area contributed by atoms with Gasteiger partial charge in [0.25, 0.3) is 0 Å². The van der Waals surface area contributed by atoms with Gasteiger partial charge in [-0.15, -0.1) is 0 Å². The topological polar surface area (TPSA) is 0 Å². The van der Waals surface area contributed by atoms with Crippen molar-refractivity contribution in [3.8, 4) is 11.1 Å². The van der Waals surface area contributed by atoms with Crippen molar-refractivity contribution in [2.45, 2.75) is 19.5 Å². The Bertz CT molecular complexity index is 541. The van der Waals surface area contributed by atoms with Crippen molar-refractivity contribution in [2.75, 3.05) is 0 Å². The van der Waals surface area contributed by atoms with E-state index in [1.807, 2.05) is 19.1 Å². The fraction of sp³-hybridized carbons (Fsp3) is 0.200. The van der Waals surface area contributed by atoms with Crippen LogP contribution in [0.5, 0.6) is 0 Å². The first-order chi connectivity index (χ1) is 8.52. The normalized spacial score (nSPS) is 11.6. The average molecular weight is 250 g/mol. The van der Waals surface area contributed by atoms with Gasteiger partial charge in [0.05, 0.1) is 5.56 Å². The second-order valence-electron chi connectivity index (χ2n) is 4.10. The van der Waals surface area contributed by atoms with E-state index in [0.717, 1.165) is 18.1 Å². The maximum absolute atomic E-state index is 12.9. The number of hydrogen-bond acceptors (Lipinski definition) is 0. The fourth-order valence-corrected chi connectivity index (χ4v) is 1.94. The van der Waals surface area contributed by atoms with Gasteiger partial charge in [0.2, 0.25) is 0 Å². The number of alkyl halides is 3. The monoisotopic (exact) mass is 250 g/mol. The van der Waals surface area contributed by atoms with Crippen LogP contribution in [0.2, 0.25) is 0 Å². The summed E-state index contributed by atoms with van der Waals surface area (Å²) in [6, 6.07) is 12.9. The maximum atomic E-state index is 12.9. The van der Waals surface area contributed by atoms with Crippen LogP contribution in [0, 0.1) is 0 Å². The molecular formula is C15H13F3. The van der Waals surface area contributed by atoms with Crippen molar-refractivity contribution >= 4 is 0 Å². The lowest BCUT2D eigenvalue weighted by molar-refractivity contribution is -0.137. The van der Waals surface area contributed by atoms with E-state index in [4.69, 9.17) is 0 Å². The summed E-state index contributed by atoms with van der Waals surface area (Å²) in [5, 5.41) is 0. The molecule has 0 heterocycles. The average Bonchev–Trinajstić information content (AvgIpc) is 2.38. The highest BCUT2D eigenvalue weighted by atomic mass is 19.4. The third kappa shape index (κ3) is 2.55. The Hall–Kier alpha value is -1.77. The Labute approximate surface area is 104 Å². The summed E-state index contributed by atoms with van der Waals surface area (Å²) in [4.78, 5) is 0. The van der Waals surface area contributed by atoms with Crippen molar-refractivity contribution < 1.29 is 13.2 Å². The van der Waals surface area contributed by atoms with Gasteiger partial charge in [0.15, 0.2) is 0 Å². The van der Waals surface area contributed by atoms with Crippen LogP contribution >= 0.6 is 0 Å². The molecule has 94 valence electrons. The molecule has 0 N–H and O–H groups in total. The van der Waals surface area contributed by atoms with E-state index in [0.29, 0.717) is 5.56 Å². The summed E-state index contributed by atoms with van der Waals surface area (Å²) in [5.41, 5.74) is 1.30. The molecule has 0 nitrogen and oxygen atoms in total. The minimum Gasteiger partial charge on any atom is -0.166 e. The lowest BCUT2D eigenvalue weighted by Crippen LogP contribution is -2.06. The van der Waals surface area contributed by atoms with Gasteiger partial charge in [0.1, 0.15) is 0 Å². The van der Waals surface area contributed by atoms with E-state index >= 15 is 0 Å². The Morgan fingerprint density at radius 3 is 2.33 bits per heavy atom. The molecule has 0 radical (unpaired) electrons. The van der Waals surface area contributed by atoms with Crippen LogP contribution < -0.4 is 0 Å². The highest BCUT2D eigenvalue weighted by Crippen LogP contribution is 2.36. The molecule has 0 aliphatic rings. The largest absolute Gasteiger partial charge is 0.417 e. The van der Waals surface area contributed by atoms with Gasteiger partial charge in [-0.3, -0.25) is 0 Å². The van der Waals surface area contributed by atoms with Gasteiger partial charge < -0.3 is 0 Å². The fourth-order valence-electron chi connectivity index (χ4n) is 1.94. The van der Waals surface area contributed by atoms with Crippen LogP contribution in [0.4, 0.5) is 13.2 Å². The molecule has 2 aromatic rings. The first kappa shape index (κ1) is 12.7. The summed E-state index contributed by atoms with van der Waals surface area (Å²) in [5.74, 6) is 0. The van der Waals surface area contributed by atoms with Crippen LogP contribution in [-0.2, 0) is 12.6 Å². The molecule has 0 aliphatic carbocycles. The molecule has 0 saturated heterocycles. The van der Waals surface area contributed by atoms with E-state index in [1.54, 1.807) is 18.2 Å². The van der Waals surface area contributed by atoms with Crippen LogP contribution in [0.1, 0.15) is 18.1 Å². The Balaban J connectivity index is 2.57. The molecular weight excluding hydrogens is 237 g/mol. The standard InChI is InChI=1S/C15H13F3/c1-2-11-6-5-7-12(10-11)13-8-3-4-9-14(13)15(16,17)18/h3-10H,2H2,1H3. The van der Waals surface area contributed by atoms with Crippen molar-refractivity contribution in [2.24, 2.45) is 0 Å². The van der Waals surface area contributed by atoms with Crippen LogP contribution in [0.15, 0.2) is 48.5 Å². The lowest BCUT2D eigenvalue weighted by Gasteiger charge is -2.13. The summed E-state index contributed by atoms with van der Waals surface area (Å²) >= 11 is 0. The zero-order valence-corrected chi connectivity index (χ0v) is 9.96. The maximum Gasteiger partial charge on any atom is 0.417 e. The SMILES string of the molecule is CCc1cccc(-c2ccccc2C(F)(F)F)c1. The summed E-state index contributed by atoms with van der Waals surface area (Å²) in [7, 11) is 0. The van der Waals surface area contributed by atoms with Gasteiger partial charge in [-0.25, -0.2) is 0 Å². The minimum absolute atomic E-state index is 0.236. The quantitative estimate of drug-likeness (QED) is 0.708. The van der Waals surface area contributed by atoms with E-state index in [1.165, 1.54) is 12.1 Å². The smallest absolute Gasteiger partial charge is 0.166 e. The van der Waals surface area contributed by atoms with Gasteiger partial charge in [-0.1, -0.05) is 49.4 Å². The van der Waals surface area contributed by atoms with Gasteiger partial charge in [-0.2, -0.15) is 13.2 Å². The summed E-state index contributed by atoms with van der Waals surface area (Å²) < 4.78 is 38.7. The molecule has 0 aromatic heterocycles. The van der Waals surface area contributed by atoms with Crippen LogP contribution in [0.25, 0.3) is 11.1 Å². The molecule has 0 amide bonds.